The minimum Gasteiger partial charge on any atom is -0.330 e. The van der Waals surface area contributed by atoms with Crippen molar-refractivity contribution in [3.8, 4) is 0 Å². The average Bonchev–Trinajstić information content (AvgIpc) is 2.45. The summed E-state index contributed by atoms with van der Waals surface area (Å²) in [4.78, 5) is 2.56. The fourth-order valence-electron chi connectivity index (χ4n) is 2.51. The van der Waals surface area contributed by atoms with Gasteiger partial charge in [0.05, 0.1) is 0 Å². The van der Waals surface area contributed by atoms with Crippen LogP contribution in [-0.2, 0) is 6.54 Å². The molecule has 1 saturated heterocycles. The molecule has 1 fully saturated rings. The largest absolute Gasteiger partial charge is 0.330 e. The fraction of sp³-hybridized carbons (Fsp3) is 0.625. The van der Waals surface area contributed by atoms with Gasteiger partial charge in [0, 0.05) is 6.54 Å². The molecule has 0 spiro atoms. The van der Waals surface area contributed by atoms with E-state index in [1.54, 1.807) is 0 Å². The van der Waals surface area contributed by atoms with E-state index >= 15 is 0 Å². The van der Waals surface area contributed by atoms with Crippen molar-refractivity contribution in [1.82, 2.24) is 4.90 Å². The van der Waals surface area contributed by atoms with Crippen molar-refractivity contribution in [1.29, 1.82) is 0 Å². The normalized spacial score (nSPS) is 17.1. The first kappa shape index (κ1) is 15.2. The molecule has 0 atom stereocenters. The number of nitrogens with two attached hydrogens (primary N) is 1. The van der Waals surface area contributed by atoms with Gasteiger partial charge in [0.25, 0.3) is 0 Å². The number of hydrogen-bond acceptors (Lipinski definition) is 2. The van der Waals surface area contributed by atoms with Crippen molar-refractivity contribution in [3.05, 3.63) is 35.9 Å². The van der Waals surface area contributed by atoms with Gasteiger partial charge in [-0.1, -0.05) is 44.2 Å². The molecule has 102 valence electrons. The summed E-state index contributed by atoms with van der Waals surface area (Å²) >= 11 is 0. The van der Waals surface area contributed by atoms with Crippen LogP contribution in [0, 0.1) is 5.92 Å². The summed E-state index contributed by atoms with van der Waals surface area (Å²) in [6.07, 6.45) is 3.85. The lowest BCUT2D eigenvalue weighted by atomic mass is 9.93. The molecule has 0 radical (unpaired) electrons. The minimum atomic E-state index is 0.851. The van der Waals surface area contributed by atoms with Crippen molar-refractivity contribution >= 4 is 0 Å². The molecule has 0 aliphatic carbocycles. The average molecular weight is 248 g/mol. The van der Waals surface area contributed by atoms with E-state index in [9.17, 15) is 0 Å². The van der Waals surface area contributed by atoms with Crippen molar-refractivity contribution in [2.45, 2.75) is 39.7 Å². The molecular weight excluding hydrogens is 220 g/mol. The highest BCUT2D eigenvalue weighted by molar-refractivity contribution is 5.14. The van der Waals surface area contributed by atoms with Crippen LogP contribution >= 0.6 is 0 Å². The number of nitrogens with zero attached hydrogens (tertiary/aromatic N) is 1. The van der Waals surface area contributed by atoms with Gasteiger partial charge in [0.2, 0.25) is 0 Å². The molecular formula is C16H28N2. The van der Waals surface area contributed by atoms with E-state index in [-0.39, 0.29) is 0 Å². The van der Waals surface area contributed by atoms with E-state index < -0.39 is 0 Å². The van der Waals surface area contributed by atoms with Gasteiger partial charge >= 0.3 is 0 Å². The number of likely N-dealkylation sites (tertiary alicyclic amines) is 1. The highest BCUT2D eigenvalue weighted by Crippen LogP contribution is 2.21. The predicted molar refractivity (Wildman–Crippen MR) is 79.5 cm³/mol. The summed E-state index contributed by atoms with van der Waals surface area (Å²) in [6.45, 7) is 8.43. The molecule has 0 bridgehead atoms. The Balaban J connectivity index is 0.000000771. The molecule has 0 aromatic heterocycles. The SMILES string of the molecule is CC.NCCC1CCN(Cc2ccccc2)CC1. The Morgan fingerprint density at radius 2 is 1.72 bits per heavy atom. The summed E-state index contributed by atoms with van der Waals surface area (Å²) in [5, 5.41) is 0. The van der Waals surface area contributed by atoms with Crippen LogP contribution in [0.1, 0.15) is 38.7 Å². The first-order valence-electron chi connectivity index (χ1n) is 7.35. The Morgan fingerprint density at radius 1 is 1.11 bits per heavy atom. The van der Waals surface area contributed by atoms with Gasteiger partial charge in [-0.25, -0.2) is 0 Å². The number of piperidine rings is 1. The molecule has 1 aromatic carbocycles. The summed E-state index contributed by atoms with van der Waals surface area (Å²) in [6, 6.07) is 10.8. The lowest BCUT2D eigenvalue weighted by Gasteiger charge is -2.31. The molecule has 2 N–H and O–H groups in total. The first-order valence-corrected chi connectivity index (χ1v) is 7.35. The van der Waals surface area contributed by atoms with Crippen LogP contribution in [0.3, 0.4) is 0 Å². The van der Waals surface area contributed by atoms with E-state index in [2.05, 4.69) is 35.2 Å². The van der Waals surface area contributed by atoms with Crippen LogP contribution < -0.4 is 5.73 Å². The molecule has 1 aliphatic heterocycles. The van der Waals surface area contributed by atoms with Crippen LogP contribution in [0.15, 0.2) is 30.3 Å². The van der Waals surface area contributed by atoms with E-state index in [0.29, 0.717) is 0 Å². The van der Waals surface area contributed by atoms with E-state index in [1.165, 1.54) is 37.9 Å². The van der Waals surface area contributed by atoms with Gasteiger partial charge < -0.3 is 5.73 Å². The number of rotatable bonds is 4. The standard InChI is InChI=1S/C14H22N2.C2H6/c15-9-6-13-7-10-16(11-8-13)12-14-4-2-1-3-5-14;1-2/h1-5,13H,6-12,15H2;1-2H3. The molecule has 1 aliphatic rings. The van der Waals surface area contributed by atoms with E-state index in [0.717, 1.165) is 19.0 Å². The maximum absolute atomic E-state index is 5.60. The maximum atomic E-state index is 5.60. The Morgan fingerprint density at radius 3 is 2.28 bits per heavy atom. The molecule has 2 rings (SSSR count). The van der Waals surface area contributed by atoms with Gasteiger partial charge in [0.15, 0.2) is 0 Å². The van der Waals surface area contributed by atoms with Crippen LogP contribution in [0.4, 0.5) is 0 Å². The smallest absolute Gasteiger partial charge is 0.0233 e. The second-order valence-electron chi connectivity index (χ2n) is 4.78. The fourth-order valence-corrected chi connectivity index (χ4v) is 2.51. The Bertz CT molecular complexity index is 289. The van der Waals surface area contributed by atoms with Crippen LogP contribution in [-0.4, -0.2) is 24.5 Å². The van der Waals surface area contributed by atoms with Gasteiger partial charge in [0.1, 0.15) is 0 Å². The molecule has 2 nitrogen and oxygen atoms in total. The van der Waals surface area contributed by atoms with Crippen molar-refractivity contribution in [3.63, 3.8) is 0 Å². The zero-order chi connectivity index (χ0) is 13.2. The second kappa shape index (κ2) is 9.12. The molecule has 2 heteroatoms. The third-order valence-electron chi connectivity index (χ3n) is 3.53. The second-order valence-corrected chi connectivity index (χ2v) is 4.78. The first-order chi connectivity index (χ1) is 8.88. The Kier molecular flexibility index (Phi) is 7.70. The Hall–Kier alpha value is -0.860. The summed E-state index contributed by atoms with van der Waals surface area (Å²) in [7, 11) is 0. The quantitative estimate of drug-likeness (QED) is 0.886. The molecule has 18 heavy (non-hydrogen) atoms. The van der Waals surface area contributed by atoms with Crippen LogP contribution in [0.2, 0.25) is 0 Å². The summed E-state index contributed by atoms with van der Waals surface area (Å²) in [5.41, 5.74) is 7.03. The topological polar surface area (TPSA) is 29.3 Å². The summed E-state index contributed by atoms with van der Waals surface area (Å²) < 4.78 is 0. The van der Waals surface area contributed by atoms with Gasteiger partial charge in [-0.3, -0.25) is 4.90 Å². The third kappa shape index (κ3) is 5.19. The monoisotopic (exact) mass is 248 g/mol. The number of hydrogen-bond donors (Lipinski definition) is 1. The highest BCUT2D eigenvalue weighted by atomic mass is 15.1. The van der Waals surface area contributed by atoms with Gasteiger partial charge in [-0.2, -0.15) is 0 Å². The summed E-state index contributed by atoms with van der Waals surface area (Å²) in [5.74, 6) is 0.872. The van der Waals surface area contributed by atoms with Crippen molar-refractivity contribution in [2.24, 2.45) is 11.7 Å². The maximum Gasteiger partial charge on any atom is 0.0233 e. The molecule has 0 unspecified atom stereocenters. The van der Waals surface area contributed by atoms with E-state index in [1.807, 2.05) is 13.8 Å². The Labute approximate surface area is 112 Å². The zero-order valence-electron chi connectivity index (χ0n) is 11.9. The van der Waals surface area contributed by atoms with E-state index in [4.69, 9.17) is 5.73 Å². The third-order valence-corrected chi connectivity index (χ3v) is 3.53. The molecule has 0 saturated carbocycles. The zero-order valence-corrected chi connectivity index (χ0v) is 11.9. The molecule has 1 heterocycles. The van der Waals surface area contributed by atoms with Crippen molar-refractivity contribution < 1.29 is 0 Å². The van der Waals surface area contributed by atoms with Crippen LogP contribution in [0.5, 0.6) is 0 Å². The predicted octanol–water partition coefficient (Wildman–Crippen LogP) is 3.27. The highest BCUT2D eigenvalue weighted by Gasteiger charge is 2.18. The lowest BCUT2D eigenvalue weighted by Crippen LogP contribution is -2.33. The van der Waals surface area contributed by atoms with Crippen LogP contribution in [0.25, 0.3) is 0 Å². The van der Waals surface area contributed by atoms with Crippen molar-refractivity contribution in [2.75, 3.05) is 19.6 Å². The minimum absolute atomic E-state index is 0.851. The molecule has 1 aromatic rings. The lowest BCUT2D eigenvalue weighted by molar-refractivity contribution is 0.173. The van der Waals surface area contributed by atoms with Gasteiger partial charge in [-0.15, -0.1) is 0 Å². The molecule has 0 amide bonds. The number of benzene rings is 1. The van der Waals surface area contributed by atoms with Gasteiger partial charge in [-0.05, 0) is 50.4 Å².